The summed E-state index contributed by atoms with van der Waals surface area (Å²) in [5.41, 5.74) is 2.53. The summed E-state index contributed by atoms with van der Waals surface area (Å²) in [4.78, 5) is 6.59. The highest BCUT2D eigenvalue weighted by atomic mass is 79.9. The van der Waals surface area contributed by atoms with E-state index in [9.17, 15) is 0 Å². The van der Waals surface area contributed by atoms with Crippen LogP contribution in [0.2, 0.25) is 0 Å². The highest BCUT2D eigenvalue weighted by molar-refractivity contribution is 9.09. The van der Waals surface area contributed by atoms with E-state index in [2.05, 4.69) is 45.7 Å². The summed E-state index contributed by atoms with van der Waals surface area (Å²) < 4.78 is 0. The SMILES string of the molecule is CCN(CCBr)Cc1cncc(C)c1. The lowest BCUT2D eigenvalue weighted by atomic mass is 10.2. The van der Waals surface area contributed by atoms with Crippen LogP contribution < -0.4 is 0 Å². The van der Waals surface area contributed by atoms with Crippen LogP contribution in [0.3, 0.4) is 0 Å². The van der Waals surface area contributed by atoms with E-state index in [1.165, 1.54) is 11.1 Å². The van der Waals surface area contributed by atoms with Crippen LogP contribution in [-0.2, 0) is 6.54 Å². The molecule has 0 aromatic carbocycles. The van der Waals surface area contributed by atoms with Crippen molar-refractivity contribution in [2.45, 2.75) is 20.4 Å². The molecule has 78 valence electrons. The van der Waals surface area contributed by atoms with E-state index in [-0.39, 0.29) is 0 Å². The topological polar surface area (TPSA) is 16.1 Å². The molecule has 0 saturated heterocycles. The first-order valence-corrected chi connectivity index (χ1v) is 6.07. The maximum Gasteiger partial charge on any atom is 0.0313 e. The lowest BCUT2D eigenvalue weighted by molar-refractivity contribution is 0.299. The summed E-state index contributed by atoms with van der Waals surface area (Å²) in [6.45, 7) is 7.43. The lowest BCUT2D eigenvalue weighted by Gasteiger charge is -2.18. The largest absolute Gasteiger partial charge is 0.298 e. The molecule has 2 nitrogen and oxygen atoms in total. The van der Waals surface area contributed by atoms with Gasteiger partial charge in [-0.3, -0.25) is 9.88 Å². The van der Waals surface area contributed by atoms with Crippen LogP contribution in [0.5, 0.6) is 0 Å². The summed E-state index contributed by atoms with van der Waals surface area (Å²) in [6, 6.07) is 2.20. The van der Waals surface area contributed by atoms with Gasteiger partial charge < -0.3 is 0 Å². The molecule has 0 aliphatic heterocycles. The van der Waals surface area contributed by atoms with Gasteiger partial charge in [-0.25, -0.2) is 0 Å². The molecule has 0 amide bonds. The van der Waals surface area contributed by atoms with E-state index in [1.807, 2.05) is 12.4 Å². The Kier molecular flexibility index (Phi) is 5.12. The Labute approximate surface area is 94.5 Å². The molecule has 1 aromatic rings. The molecule has 1 heterocycles. The highest BCUT2D eigenvalue weighted by Crippen LogP contribution is 2.05. The number of hydrogen-bond donors (Lipinski definition) is 0. The second-order valence-corrected chi connectivity index (χ2v) is 4.22. The second kappa shape index (κ2) is 6.14. The van der Waals surface area contributed by atoms with E-state index in [1.54, 1.807) is 0 Å². The van der Waals surface area contributed by atoms with Crippen LogP contribution in [0.25, 0.3) is 0 Å². The van der Waals surface area contributed by atoms with E-state index in [4.69, 9.17) is 0 Å². The van der Waals surface area contributed by atoms with Crippen LogP contribution in [-0.4, -0.2) is 28.3 Å². The van der Waals surface area contributed by atoms with Gasteiger partial charge in [-0.05, 0) is 24.6 Å². The molecule has 0 N–H and O–H groups in total. The van der Waals surface area contributed by atoms with Gasteiger partial charge in [0.15, 0.2) is 0 Å². The molecule has 0 saturated carbocycles. The summed E-state index contributed by atoms with van der Waals surface area (Å²) in [7, 11) is 0. The number of aromatic nitrogens is 1. The molecular formula is C11H17BrN2. The zero-order valence-corrected chi connectivity index (χ0v) is 10.4. The Morgan fingerprint density at radius 1 is 1.43 bits per heavy atom. The average molecular weight is 257 g/mol. The second-order valence-electron chi connectivity index (χ2n) is 3.43. The molecule has 14 heavy (non-hydrogen) atoms. The molecule has 1 aromatic heterocycles. The molecule has 0 radical (unpaired) electrons. The van der Waals surface area contributed by atoms with Crippen LogP contribution in [0.4, 0.5) is 0 Å². The minimum Gasteiger partial charge on any atom is -0.298 e. The van der Waals surface area contributed by atoms with E-state index in [0.29, 0.717) is 0 Å². The minimum atomic E-state index is 0.997. The van der Waals surface area contributed by atoms with Crippen LogP contribution >= 0.6 is 15.9 Å². The van der Waals surface area contributed by atoms with Crippen molar-refractivity contribution < 1.29 is 0 Å². The highest BCUT2D eigenvalue weighted by Gasteiger charge is 2.02. The number of alkyl halides is 1. The number of halogens is 1. The van der Waals surface area contributed by atoms with Crippen molar-refractivity contribution in [2.24, 2.45) is 0 Å². The van der Waals surface area contributed by atoms with E-state index < -0.39 is 0 Å². The third-order valence-electron chi connectivity index (χ3n) is 2.19. The number of nitrogens with zero attached hydrogens (tertiary/aromatic N) is 2. The minimum absolute atomic E-state index is 0.997. The molecular weight excluding hydrogens is 240 g/mol. The maximum absolute atomic E-state index is 4.19. The van der Waals surface area contributed by atoms with Crippen molar-refractivity contribution in [2.75, 3.05) is 18.4 Å². The normalized spacial score (nSPS) is 10.9. The first kappa shape index (κ1) is 11.7. The molecule has 0 spiro atoms. The third-order valence-corrected chi connectivity index (χ3v) is 2.54. The van der Waals surface area contributed by atoms with E-state index in [0.717, 1.165) is 25.0 Å². The predicted octanol–water partition coefficient (Wildman–Crippen LogP) is 2.61. The van der Waals surface area contributed by atoms with Gasteiger partial charge in [0.1, 0.15) is 0 Å². The quantitative estimate of drug-likeness (QED) is 0.754. The molecule has 0 bridgehead atoms. The van der Waals surface area contributed by atoms with Crippen LogP contribution in [0.15, 0.2) is 18.5 Å². The van der Waals surface area contributed by atoms with Crippen molar-refractivity contribution in [3.8, 4) is 0 Å². The van der Waals surface area contributed by atoms with Gasteiger partial charge in [-0.1, -0.05) is 28.9 Å². The molecule has 0 aliphatic rings. The van der Waals surface area contributed by atoms with Crippen molar-refractivity contribution in [1.82, 2.24) is 9.88 Å². The van der Waals surface area contributed by atoms with Crippen LogP contribution in [0, 0.1) is 6.92 Å². The third kappa shape index (κ3) is 3.76. The van der Waals surface area contributed by atoms with Crippen LogP contribution in [0.1, 0.15) is 18.1 Å². The molecule has 3 heteroatoms. The van der Waals surface area contributed by atoms with Crippen molar-refractivity contribution in [1.29, 1.82) is 0 Å². The van der Waals surface area contributed by atoms with Gasteiger partial charge in [0, 0.05) is 30.8 Å². The molecule has 0 unspecified atom stereocenters. The summed E-state index contributed by atoms with van der Waals surface area (Å²) in [5, 5.41) is 1.03. The van der Waals surface area contributed by atoms with Crippen molar-refractivity contribution >= 4 is 15.9 Å². The molecule has 0 fully saturated rings. The molecule has 1 rings (SSSR count). The van der Waals surface area contributed by atoms with Gasteiger partial charge in [-0.2, -0.15) is 0 Å². The summed E-state index contributed by atoms with van der Waals surface area (Å²) in [5.74, 6) is 0. The molecule has 0 aliphatic carbocycles. The number of hydrogen-bond acceptors (Lipinski definition) is 2. The predicted molar refractivity (Wildman–Crippen MR) is 63.7 cm³/mol. The number of pyridine rings is 1. The van der Waals surface area contributed by atoms with Gasteiger partial charge in [-0.15, -0.1) is 0 Å². The number of aryl methyl sites for hydroxylation is 1. The standard InChI is InChI=1S/C11H17BrN2/c1-3-14(5-4-12)9-11-6-10(2)7-13-8-11/h6-8H,3-5,9H2,1-2H3. The summed E-state index contributed by atoms with van der Waals surface area (Å²) in [6.07, 6.45) is 3.84. The van der Waals surface area contributed by atoms with E-state index >= 15 is 0 Å². The Morgan fingerprint density at radius 2 is 2.21 bits per heavy atom. The van der Waals surface area contributed by atoms with Crippen molar-refractivity contribution in [3.63, 3.8) is 0 Å². The van der Waals surface area contributed by atoms with Crippen molar-refractivity contribution in [3.05, 3.63) is 29.6 Å². The molecule has 0 atom stereocenters. The monoisotopic (exact) mass is 256 g/mol. The Hall–Kier alpha value is -0.410. The first-order valence-electron chi connectivity index (χ1n) is 4.95. The Balaban J connectivity index is 2.57. The fraction of sp³-hybridized carbons (Fsp3) is 0.545. The zero-order chi connectivity index (χ0) is 10.4. The zero-order valence-electron chi connectivity index (χ0n) is 8.83. The Morgan fingerprint density at radius 3 is 2.79 bits per heavy atom. The fourth-order valence-corrected chi connectivity index (χ4v) is 1.93. The Bertz CT molecular complexity index is 276. The average Bonchev–Trinajstić information content (AvgIpc) is 2.17. The maximum atomic E-state index is 4.19. The van der Waals surface area contributed by atoms with Gasteiger partial charge >= 0.3 is 0 Å². The smallest absolute Gasteiger partial charge is 0.0313 e. The van der Waals surface area contributed by atoms with Gasteiger partial charge in [0.25, 0.3) is 0 Å². The summed E-state index contributed by atoms with van der Waals surface area (Å²) >= 11 is 3.46. The van der Waals surface area contributed by atoms with Gasteiger partial charge in [0.05, 0.1) is 0 Å². The lowest BCUT2D eigenvalue weighted by Crippen LogP contribution is -2.24. The first-order chi connectivity index (χ1) is 6.76. The number of rotatable bonds is 5. The fourth-order valence-electron chi connectivity index (χ4n) is 1.43. The van der Waals surface area contributed by atoms with Gasteiger partial charge in [0.2, 0.25) is 0 Å².